The Labute approximate surface area is 132 Å². The van der Waals surface area contributed by atoms with Crippen molar-refractivity contribution >= 4 is 17.5 Å². The summed E-state index contributed by atoms with van der Waals surface area (Å²) in [6, 6.07) is 5.47. The molecule has 21 heavy (non-hydrogen) atoms. The van der Waals surface area contributed by atoms with Gasteiger partial charge in [-0.1, -0.05) is 31.5 Å². The molecule has 0 aliphatic heterocycles. The molecule has 0 spiro atoms. The molecule has 1 amide bonds. The Hall–Kier alpha value is -1.26. The third-order valence-electron chi connectivity index (χ3n) is 3.87. The Balaban J connectivity index is 2.77. The fourth-order valence-electron chi connectivity index (χ4n) is 1.76. The number of halogens is 1. The maximum absolute atomic E-state index is 12.3. The minimum atomic E-state index is -0.645. The predicted molar refractivity (Wildman–Crippen MR) is 86.7 cm³/mol. The molecular weight excluding hydrogens is 288 g/mol. The highest BCUT2D eigenvalue weighted by Gasteiger charge is 2.30. The highest BCUT2D eigenvalue weighted by molar-refractivity contribution is 6.32. The Bertz CT molecular complexity index is 505. The van der Waals surface area contributed by atoms with Crippen molar-refractivity contribution < 1.29 is 9.53 Å². The fourth-order valence-corrected chi connectivity index (χ4v) is 1.92. The van der Waals surface area contributed by atoms with E-state index in [0.717, 1.165) is 5.56 Å². The zero-order valence-electron chi connectivity index (χ0n) is 13.4. The molecule has 1 aromatic carbocycles. The van der Waals surface area contributed by atoms with E-state index in [1.807, 2.05) is 39.8 Å². The zero-order valence-corrected chi connectivity index (χ0v) is 14.1. The van der Waals surface area contributed by atoms with E-state index in [1.165, 1.54) is 0 Å². The van der Waals surface area contributed by atoms with Gasteiger partial charge in [-0.3, -0.25) is 4.79 Å². The minimum absolute atomic E-state index is 0.200. The van der Waals surface area contributed by atoms with Crippen LogP contribution in [0.25, 0.3) is 0 Å². The van der Waals surface area contributed by atoms with Crippen LogP contribution in [0.15, 0.2) is 18.2 Å². The molecule has 0 radical (unpaired) electrons. The van der Waals surface area contributed by atoms with Gasteiger partial charge in [0, 0.05) is 6.54 Å². The molecule has 0 aromatic heterocycles. The number of ether oxygens (including phenoxy) is 1. The van der Waals surface area contributed by atoms with Gasteiger partial charge in [-0.2, -0.15) is 0 Å². The highest BCUT2D eigenvalue weighted by Crippen LogP contribution is 2.26. The predicted octanol–water partition coefficient (Wildman–Crippen LogP) is 2.91. The summed E-state index contributed by atoms with van der Waals surface area (Å²) in [7, 11) is 0. The van der Waals surface area contributed by atoms with Crippen molar-refractivity contribution in [1.82, 2.24) is 5.32 Å². The van der Waals surface area contributed by atoms with Gasteiger partial charge in [-0.25, -0.2) is 0 Å². The van der Waals surface area contributed by atoms with Gasteiger partial charge in [0.2, 0.25) is 0 Å². The first-order valence-corrected chi connectivity index (χ1v) is 7.52. The van der Waals surface area contributed by atoms with Crippen LogP contribution in [0.1, 0.15) is 33.3 Å². The summed E-state index contributed by atoms with van der Waals surface area (Å²) in [4.78, 5) is 12.3. The van der Waals surface area contributed by atoms with E-state index in [-0.39, 0.29) is 11.8 Å². The van der Waals surface area contributed by atoms with Crippen LogP contribution in [0.4, 0.5) is 0 Å². The molecule has 4 nitrogen and oxygen atoms in total. The van der Waals surface area contributed by atoms with Crippen molar-refractivity contribution in [3.8, 4) is 5.75 Å². The molecule has 5 heteroatoms. The first-order valence-electron chi connectivity index (χ1n) is 7.14. The Kier molecular flexibility index (Phi) is 6.05. The summed E-state index contributed by atoms with van der Waals surface area (Å²) in [6.07, 6.45) is -0.645. The fraction of sp³-hybridized carbons (Fsp3) is 0.562. The first kappa shape index (κ1) is 17.8. The quantitative estimate of drug-likeness (QED) is 0.849. The van der Waals surface area contributed by atoms with Gasteiger partial charge in [0.1, 0.15) is 5.75 Å². The van der Waals surface area contributed by atoms with E-state index in [0.29, 0.717) is 17.3 Å². The first-order chi connectivity index (χ1) is 9.69. The molecule has 118 valence electrons. The summed E-state index contributed by atoms with van der Waals surface area (Å²) in [5.74, 6) is 0.536. The number of carbonyl (C=O) groups excluding carboxylic acids is 1. The topological polar surface area (TPSA) is 64.3 Å². The van der Waals surface area contributed by atoms with Crippen molar-refractivity contribution in [3.05, 3.63) is 28.8 Å². The average Bonchev–Trinajstić information content (AvgIpc) is 2.42. The van der Waals surface area contributed by atoms with Crippen LogP contribution in [0.3, 0.4) is 0 Å². The van der Waals surface area contributed by atoms with Crippen molar-refractivity contribution in [2.45, 2.75) is 46.3 Å². The number of amides is 1. The van der Waals surface area contributed by atoms with Crippen LogP contribution < -0.4 is 15.8 Å². The normalized spacial score (nSPS) is 15.4. The summed E-state index contributed by atoms with van der Waals surface area (Å²) >= 11 is 6.08. The molecule has 0 bridgehead atoms. The van der Waals surface area contributed by atoms with Gasteiger partial charge >= 0.3 is 0 Å². The molecule has 0 saturated carbocycles. The molecule has 0 aliphatic rings. The number of carbonyl (C=O) groups is 1. The van der Waals surface area contributed by atoms with Crippen LogP contribution in [0, 0.1) is 12.8 Å². The number of rotatable bonds is 6. The summed E-state index contributed by atoms with van der Waals surface area (Å²) < 4.78 is 5.67. The number of aryl methyl sites for hydroxylation is 1. The van der Waals surface area contributed by atoms with Crippen molar-refractivity contribution in [2.75, 3.05) is 6.54 Å². The highest BCUT2D eigenvalue weighted by atomic mass is 35.5. The summed E-state index contributed by atoms with van der Waals surface area (Å²) in [5.41, 5.74) is 6.35. The lowest BCUT2D eigenvalue weighted by Gasteiger charge is -2.34. The summed E-state index contributed by atoms with van der Waals surface area (Å²) in [6.45, 7) is 9.99. The lowest BCUT2D eigenvalue weighted by molar-refractivity contribution is -0.129. The maximum Gasteiger partial charge on any atom is 0.261 e. The second kappa shape index (κ2) is 7.14. The van der Waals surface area contributed by atoms with Crippen LogP contribution in [0.2, 0.25) is 5.02 Å². The molecule has 0 aliphatic carbocycles. The molecular formula is C16H25ClN2O2. The van der Waals surface area contributed by atoms with Gasteiger partial charge in [-0.05, 0) is 44.4 Å². The van der Waals surface area contributed by atoms with Crippen LogP contribution in [-0.2, 0) is 4.79 Å². The average molecular weight is 313 g/mol. The van der Waals surface area contributed by atoms with Crippen molar-refractivity contribution in [1.29, 1.82) is 0 Å². The van der Waals surface area contributed by atoms with Gasteiger partial charge in [0.15, 0.2) is 6.10 Å². The van der Waals surface area contributed by atoms with Crippen LogP contribution >= 0.6 is 11.6 Å². The zero-order chi connectivity index (χ0) is 16.2. The number of hydrogen-bond acceptors (Lipinski definition) is 3. The van der Waals surface area contributed by atoms with Gasteiger partial charge in [0.25, 0.3) is 5.91 Å². The lowest BCUT2D eigenvalue weighted by Crippen LogP contribution is -2.57. The largest absolute Gasteiger partial charge is 0.479 e. The molecule has 3 N–H and O–H groups in total. The molecule has 1 rings (SSSR count). The number of nitrogens with two attached hydrogens (primary N) is 1. The maximum atomic E-state index is 12.3. The van der Waals surface area contributed by atoms with Gasteiger partial charge < -0.3 is 15.8 Å². The Morgan fingerprint density at radius 1 is 1.43 bits per heavy atom. The van der Waals surface area contributed by atoms with E-state index in [9.17, 15) is 4.79 Å². The van der Waals surface area contributed by atoms with Crippen molar-refractivity contribution in [3.63, 3.8) is 0 Å². The van der Waals surface area contributed by atoms with E-state index >= 15 is 0 Å². The van der Waals surface area contributed by atoms with Gasteiger partial charge in [-0.15, -0.1) is 0 Å². The molecule has 0 fully saturated rings. The standard InChI is InChI=1S/C16H25ClN2O2/c1-10(2)16(5,9-18)19-15(20)12(4)21-14-8-11(3)6-7-13(14)17/h6-8,10,12H,9,18H2,1-5H3,(H,19,20). The van der Waals surface area contributed by atoms with Gasteiger partial charge in [0.05, 0.1) is 10.6 Å². The number of hydrogen-bond donors (Lipinski definition) is 2. The molecule has 0 heterocycles. The monoisotopic (exact) mass is 312 g/mol. The second-order valence-corrected chi connectivity index (χ2v) is 6.37. The third-order valence-corrected chi connectivity index (χ3v) is 4.18. The number of benzene rings is 1. The molecule has 2 unspecified atom stereocenters. The number of nitrogens with one attached hydrogen (secondary N) is 1. The van der Waals surface area contributed by atoms with Crippen LogP contribution in [0.5, 0.6) is 5.75 Å². The Morgan fingerprint density at radius 3 is 2.57 bits per heavy atom. The molecule has 0 saturated heterocycles. The lowest BCUT2D eigenvalue weighted by atomic mass is 9.88. The minimum Gasteiger partial charge on any atom is -0.479 e. The Morgan fingerprint density at radius 2 is 2.05 bits per heavy atom. The van der Waals surface area contributed by atoms with E-state index in [4.69, 9.17) is 22.1 Å². The van der Waals surface area contributed by atoms with E-state index < -0.39 is 11.6 Å². The summed E-state index contributed by atoms with van der Waals surface area (Å²) in [5, 5.41) is 3.46. The van der Waals surface area contributed by atoms with Crippen LogP contribution in [-0.4, -0.2) is 24.1 Å². The van der Waals surface area contributed by atoms with E-state index in [2.05, 4.69) is 5.32 Å². The smallest absolute Gasteiger partial charge is 0.261 e. The SMILES string of the molecule is Cc1ccc(Cl)c(OC(C)C(=O)NC(C)(CN)C(C)C)c1. The molecule has 2 atom stereocenters. The van der Waals surface area contributed by atoms with Crippen molar-refractivity contribution in [2.24, 2.45) is 11.7 Å². The van der Waals surface area contributed by atoms with E-state index in [1.54, 1.807) is 13.0 Å². The second-order valence-electron chi connectivity index (χ2n) is 5.96. The molecule has 1 aromatic rings. The third kappa shape index (κ3) is 4.61.